The number of benzene rings is 2. The van der Waals surface area contributed by atoms with Gasteiger partial charge in [-0.3, -0.25) is 0 Å². The average Bonchev–Trinajstić information content (AvgIpc) is 2.58. The molecule has 0 bridgehead atoms. The van der Waals surface area contributed by atoms with Gasteiger partial charge in [-0.1, -0.05) is 15.9 Å². The zero-order chi connectivity index (χ0) is 16.1. The van der Waals surface area contributed by atoms with E-state index >= 15 is 0 Å². The van der Waals surface area contributed by atoms with Crippen molar-refractivity contribution in [2.45, 2.75) is 0 Å². The molecule has 2 N–H and O–H groups in total. The molecule has 1 aromatic heterocycles. The molecule has 2 aromatic carbocycles. The lowest BCUT2D eigenvalue weighted by Gasteiger charge is -2.08. The minimum atomic E-state index is 0.414. The topological polar surface area (TPSA) is 72.0 Å². The van der Waals surface area contributed by atoms with Crippen LogP contribution in [-0.4, -0.2) is 22.3 Å². The van der Waals surface area contributed by atoms with Crippen LogP contribution in [0.1, 0.15) is 0 Å². The first-order chi connectivity index (χ1) is 11.2. The van der Waals surface area contributed by atoms with Gasteiger partial charge >= 0.3 is 0 Å². The van der Waals surface area contributed by atoms with Crippen molar-refractivity contribution in [2.24, 2.45) is 0 Å². The molecule has 7 heteroatoms. The third-order valence-corrected chi connectivity index (χ3v) is 3.55. The highest BCUT2D eigenvalue weighted by Crippen LogP contribution is 2.20. The lowest BCUT2D eigenvalue weighted by atomic mass is 10.3. The fourth-order valence-electron chi connectivity index (χ4n) is 1.90. The highest BCUT2D eigenvalue weighted by molar-refractivity contribution is 9.10. The lowest BCUT2D eigenvalue weighted by Crippen LogP contribution is -2.02. The second-order valence-electron chi connectivity index (χ2n) is 4.65. The van der Waals surface area contributed by atoms with Crippen LogP contribution >= 0.6 is 15.9 Å². The Kier molecular flexibility index (Phi) is 4.68. The van der Waals surface area contributed by atoms with Gasteiger partial charge in [-0.25, -0.2) is 0 Å². The van der Waals surface area contributed by atoms with Crippen LogP contribution < -0.4 is 15.4 Å². The SMILES string of the molecule is COc1ccc(Nc2nncc(Nc3ccc(Br)cc3)n2)cc1. The van der Waals surface area contributed by atoms with Gasteiger partial charge in [-0.05, 0) is 48.5 Å². The first kappa shape index (κ1) is 15.2. The predicted octanol–water partition coefficient (Wildman–Crippen LogP) is 4.13. The normalized spacial score (nSPS) is 10.2. The number of hydrogen-bond donors (Lipinski definition) is 2. The number of ether oxygens (including phenoxy) is 1. The van der Waals surface area contributed by atoms with Gasteiger partial charge in [0.2, 0.25) is 5.95 Å². The largest absolute Gasteiger partial charge is 0.497 e. The Bertz CT molecular complexity index is 777. The van der Waals surface area contributed by atoms with Crippen LogP contribution in [0.25, 0.3) is 0 Å². The summed E-state index contributed by atoms with van der Waals surface area (Å²) in [5, 5.41) is 14.2. The molecule has 0 unspecified atom stereocenters. The van der Waals surface area contributed by atoms with Gasteiger partial charge in [0.05, 0.1) is 13.3 Å². The highest BCUT2D eigenvalue weighted by atomic mass is 79.9. The second kappa shape index (κ2) is 7.06. The summed E-state index contributed by atoms with van der Waals surface area (Å²) in [7, 11) is 1.63. The Hall–Kier alpha value is -2.67. The van der Waals surface area contributed by atoms with E-state index in [1.54, 1.807) is 13.3 Å². The summed E-state index contributed by atoms with van der Waals surface area (Å²) in [6.45, 7) is 0. The molecule has 0 saturated carbocycles. The quantitative estimate of drug-likeness (QED) is 0.702. The number of nitrogens with zero attached hydrogens (tertiary/aromatic N) is 3. The molecule has 6 nitrogen and oxygen atoms in total. The Morgan fingerprint density at radius 1 is 0.913 bits per heavy atom. The fourth-order valence-corrected chi connectivity index (χ4v) is 2.17. The number of nitrogens with one attached hydrogen (secondary N) is 2. The molecule has 0 aliphatic rings. The number of aromatic nitrogens is 3. The first-order valence-electron chi connectivity index (χ1n) is 6.86. The summed E-state index contributed by atoms with van der Waals surface area (Å²) in [5.41, 5.74) is 1.78. The molecule has 0 saturated heterocycles. The van der Waals surface area contributed by atoms with Crippen molar-refractivity contribution in [1.82, 2.24) is 15.2 Å². The van der Waals surface area contributed by atoms with Crippen LogP contribution in [-0.2, 0) is 0 Å². The second-order valence-corrected chi connectivity index (χ2v) is 5.57. The summed E-state index contributed by atoms with van der Waals surface area (Å²) < 4.78 is 6.15. The van der Waals surface area contributed by atoms with E-state index < -0.39 is 0 Å². The molecule has 0 aliphatic carbocycles. The molecule has 0 aliphatic heterocycles. The van der Waals surface area contributed by atoms with E-state index in [0.29, 0.717) is 11.8 Å². The molecule has 23 heavy (non-hydrogen) atoms. The summed E-state index contributed by atoms with van der Waals surface area (Å²) in [5.74, 6) is 1.82. The van der Waals surface area contributed by atoms with E-state index in [0.717, 1.165) is 21.6 Å². The minimum Gasteiger partial charge on any atom is -0.497 e. The van der Waals surface area contributed by atoms with Crippen molar-refractivity contribution in [1.29, 1.82) is 0 Å². The molecule has 0 spiro atoms. The van der Waals surface area contributed by atoms with Crippen molar-refractivity contribution in [2.75, 3.05) is 17.7 Å². The van der Waals surface area contributed by atoms with Crippen molar-refractivity contribution >= 4 is 39.1 Å². The number of rotatable bonds is 5. The maximum atomic E-state index is 5.13. The predicted molar refractivity (Wildman–Crippen MR) is 93.5 cm³/mol. The smallest absolute Gasteiger partial charge is 0.249 e. The molecule has 0 fully saturated rings. The van der Waals surface area contributed by atoms with Crippen LogP contribution in [0.3, 0.4) is 0 Å². The van der Waals surface area contributed by atoms with Crippen molar-refractivity contribution in [3.8, 4) is 5.75 Å². The van der Waals surface area contributed by atoms with E-state index in [-0.39, 0.29) is 0 Å². The Balaban J connectivity index is 1.72. The molecule has 0 radical (unpaired) electrons. The number of halogens is 1. The maximum absolute atomic E-state index is 5.13. The van der Waals surface area contributed by atoms with E-state index in [1.807, 2.05) is 48.5 Å². The molecule has 0 atom stereocenters. The Morgan fingerprint density at radius 2 is 1.57 bits per heavy atom. The molecule has 0 amide bonds. The van der Waals surface area contributed by atoms with Gasteiger partial charge in [0.15, 0.2) is 5.82 Å². The van der Waals surface area contributed by atoms with Gasteiger partial charge in [-0.2, -0.15) is 10.1 Å². The molecule has 3 rings (SSSR count). The molecule has 1 heterocycles. The lowest BCUT2D eigenvalue weighted by molar-refractivity contribution is 0.415. The van der Waals surface area contributed by atoms with E-state index in [9.17, 15) is 0 Å². The van der Waals surface area contributed by atoms with Gasteiger partial charge in [0.25, 0.3) is 0 Å². The fraction of sp³-hybridized carbons (Fsp3) is 0.0625. The zero-order valence-electron chi connectivity index (χ0n) is 12.3. The van der Waals surface area contributed by atoms with E-state index in [1.165, 1.54) is 0 Å². The van der Waals surface area contributed by atoms with Crippen LogP contribution in [0.5, 0.6) is 5.75 Å². The van der Waals surface area contributed by atoms with Gasteiger partial charge < -0.3 is 15.4 Å². The van der Waals surface area contributed by atoms with E-state index in [2.05, 4.69) is 41.7 Å². The average molecular weight is 372 g/mol. The highest BCUT2D eigenvalue weighted by Gasteiger charge is 2.02. The summed E-state index contributed by atoms with van der Waals surface area (Å²) in [6, 6.07) is 15.3. The number of methoxy groups -OCH3 is 1. The van der Waals surface area contributed by atoms with Gasteiger partial charge in [0, 0.05) is 15.8 Å². The Morgan fingerprint density at radius 3 is 2.26 bits per heavy atom. The van der Waals surface area contributed by atoms with Crippen LogP contribution in [0.4, 0.5) is 23.1 Å². The van der Waals surface area contributed by atoms with Gasteiger partial charge in [0.1, 0.15) is 5.75 Å². The summed E-state index contributed by atoms with van der Waals surface area (Å²) in [6.07, 6.45) is 1.57. The van der Waals surface area contributed by atoms with E-state index in [4.69, 9.17) is 4.74 Å². The standard InChI is InChI=1S/C16H14BrN5O/c1-23-14-8-6-13(7-9-14)20-16-21-15(10-18-22-16)19-12-4-2-11(17)3-5-12/h2-10H,1H3,(H2,19,20,21,22). The number of hydrogen-bond acceptors (Lipinski definition) is 6. The van der Waals surface area contributed by atoms with Crippen molar-refractivity contribution in [3.63, 3.8) is 0 Å². The van der Waals surface area contributed by atoms with Crippen LogP contribution in [0.15, 0.2) is 59.2 Å². The number of anilines is 4. The van der Waals surface area contributed by atoms with Crippen molar-refractivity contribution < 1.29 is 4.74 Å². The van der Waals surface area contributed by atoms with Crippen LogP contribution in [0, 0.1) is 0 Å². The molecular weight excluding hydrogens is 358 g/mol. The van der Waals surface area contributed by atoms with Gasteiger partial charge in [-0.15, -0.1) is 5.10 Å². The zero-order valence-corrected chi connectivity index (χ0v) is 13.9. The third kappa shape index (κ3) is 4.17. The van der Waals surface area contributed by atoms with Crippen LogP contribution in [0.2, 0.25) is 0 Å². The van der Waals surface area contributed by atoms with Crippen molar-refractivity contribution in [3.05, 3.63) is 59.2 Å². The monoisotopic (exact) mass is 371 g/mol. The Labute approximate surface area is 142 Å². The molecular formula is C16H14BrN5O. The maximum Gasteiger partial charge on any atom is 0.249 e. The molecule has 116 valence electrons. The summed E-state index contributed by atoms with van der Waals surface area (Å²) >= 11 is 3.41. The summed E-state index contributed by atoms with van der Waals surface area (Å²) in [4.78, 5) is 4.39. The molecule has 3 aromatic rings. The minimum absolute atomic E-state index is 0.414. The third-order valence-electron chi connectivity index (χ3n) is 3.02. The first-order valence-corrected chi connectivity index (χ1v) is 7.65.